The van der Waals surface area contributed by atoms with Crippen molar-refractivity contribution in [3.8, 4) is 0 Å². The first-order valence-electron chi connectivity index (χ1n) is 4.07. The fraction of sp³-hybridized carbons (Fsp3) is 0.750. The lowest BCUT2D eigenvalue weighted by atomic mass is 9.97. The first-order valence-corrected chi connectivity index (χ1v) is 5.62. The van der Waals surface area contributed by atoms with Gasteiger partial charge in [0.05, 0.1) is 16.4 Å². The molecule has 84 valence electrons. The van der Waals surface area contributed by atoms with Crippen molar-refractivity contribution in [2.45, 2.75) is 31.3 Å². The number of thiol groups is 2. The molecule has 0 aliphatic carbocycles. The topological polar surface area (TPSA) is 54.4 Å². The molecule has 0 saturated heterocycles. The molecule has 0 aromatic heterocycles. The maximum atomic E-state index is 11.3. The molecule has 0 amide bonds. The van der Waals surface area contributed by atoms with Gasteiger partial charge in [-0.25, -0.2) is 0 Å². The molecule has 3 unspecified atom stereocenters. The fourth-order valence-electron chi connectivity index (χ4n) is 0.864. The summed E-state index contributed by atoms with van der Waals surface area (Å²) in [5, 5.41) is -0.757. The smallest absolute Gasteiger partial charge is 0.155 e. The molecule has 0 aromatic carbocycles. The molecular formula is C8H17O3PS2. The third kappa shape index (κ3) is 6.02. The Morgan fingerprint density at radius 3 is 1.36 bits per heavy atom. The number of hydrogen-bond donors (Lipinski definition) is 3. The van der Waals surface area contributed by atoms with Crippen LogP contribution in [0.2, 0.25) is 0 Å². The van der Waals surface area contributed by atoms with Gasteiger partial charge in [0, 0.05) is 0 Å². The summed E-state index contributed by atoms with van der Waals surface area (Å²) in [6.07, 6.45) is 0. The van der Waals surface area contributed by atoms with E-state index >= 15 is 0 Å². The highest BCUT2D eigenvalue weighted by Crippen LogP contribution is 2.11. The summed E-state index contributed by atoms with van der Waals surface area (Å²) in [7, 11) is 1.42. The van der Waals surface area contributed by atoms with E-state index < -0.39 is 5.92 Å². The average Bonchev–Trinajstić information content (AvgIpc) is 2.17. The molecule has 6 heteroatoms. The van der Waals surface area contributed by atoms with Gasteiger partial charge in [0.15, 0.2) is 11.6 Å². The Balaban J connectivity index is 0. The summed E-state index contributed by atoms with van der Waals surface area (Å²) in [5.41, 5.74) is 0. The van der Waals surface area contributed by atoms with Crippen molar-refractivity contribution in [1.29, 1.82) is 0 Å². The van der Waals surface area contributed by atoms with Gasteiger partial charge in [0.25, 0.3) is 0 Å². The van der Waals surface area contributed by atoms with Crippen LogP contribution in [0.25, 0.3) is 0 Å². The van der Waals surface area contributed by atoms with E-state index in [2.05, 4.69) is 25.3 Å². The van der Waals surface area contributed by atoms with Gasteiger partial charge in [-0.1, -0.05) is 0 Å². The second kappa shape index (κ2) is 8.72. The van der Waals surface area contributed by atoms with Gasteiger partial charge in [0.2, 0.25) is 0 Å². The maximum absolute atomic E-state index is 11.3. The lowest BCUT2D eigenvalue weighted by molar-refractivity contribution is -0.131. The second-order valence-electron chi connectivity index (χ2n) is 2.88. The Bertz CT molecular complexity index is 175. The van der Waals surface area contributed by atoms with Gasteiger partial charge in [0.1, 0.15) is 0 Å². The molecule has 0 fully saturated rings. The van der Waals surface area contributed by atoms with E-state index in [1.54, 1.807) is 20.8 Å². The number of carbonyl (C=O) groups is 2. The Hall–Kier alpha value is 0.430. The summed E-state index contributed by atoms with van der Waals surface area (Å²) in [6, 6.07) is 0. The predicted molar refractivity (Wildman–Crippen MR) is 68.0 cm³/mol. The number of hydrogen-bond acceptors (Lipinski definition) is 5. The Kier molecular flexibility index (Phi) is 10.5. The summed E-state index contributed by atoms with van der Waals surface area (Å²) >= 11 is 7.94. The molecule has 0 radical (unpaired) electrons. The minimum atomic E-state index is -0.579. The van der Waals surface area contributed by atoms with Gasteiger partial charge in [-0.15, -0.1) is 0 Å². The zero-order valence-electron chi connectivity index (χ0n) is 8.47. The van der Waals surface area contributed by atoms with Crippen LogP contribution in [0.15, 0.2) is 0 Å². The quantitative estimate of drug-likeness (QED) is 0.402. The van der Waals surface area contributed by atoms with Crippen LogP contribution in [0.1, 0.15) is 20.8 Å². The Labute approximate surface area is 98.1 Å². The molecular weight excluding hydrogens is 239 g/mol. The van der Waals surface area contributed by atoms with E-state index in [9.17, 15) is 9.59 Å². The number of ketones is 2. The highest BCUT2D eigenvalue weighted by atomic mass is 32.1. The molecule has 0 heterocycles. The summed E-state index contributed by atoms with van der Waals surface area (Å²) in [6.45, 7) is 4.93. The van der Waals surface area contributed by atoms with Gasteiger partial charge in [-0.2, -0.15) is 25.3 Å². The molecule has 0 aliphatic heterocycles. The molecule has 1 N–H and O–H groups in total. The fourth-order valence-corrected chi connectivity index (χ4v) is 1.31. The predicted octanol–water partition coefficient (Wildman–Crippen LogP) is 1.17. The maximum Gasteiger partial charge on any atom is 0.155 e. The monoisotopic (exact) mass is 256 g/mol. The summed E-state index contributed by atoms with van der Waals surface area (Å²) in [5.74, 6) is -0.849. The zero-order chi connectivity index (χ0) is 11.9. The third-order valence-electron chi connectivity index (χ3n) is 1.68. The van der Waals surface area contributed by atoms with E-state index in [1.807, 2.05) is 0 Å². The van der Waals surface area contributed by atoms with E-state index in [0.29, 0.717) is 0 Å². The largest absolute Gasteiger partial charge is 0.380 e. The van der Waals surface area contributed by atoms with Gasteiger partial charge in [-0.05, 0) is 30.2 Å². The van der Waals surface area contributed by atoms with Crippen molar-refractivity contribution in [2.24, 2.45) is 5.92 Å². The average molecular weight is 256 g/mol. The van der Waals surface area contributed by atoms with Crippen LogP contribution < -0.4 is 0 Å². The SMILES string of the molecule is CC(S)C(=O)C(C)C(=O)C(C)S.OP. The van der Waals surface area contributed by atoms with Crippen LogP contribution in [-0.4, -0.2) is 27.0 Å². The minimum Gasteiger partial charge on any atom is -0.380 e. The van der Waals surface area contributed by atoms with Crippen LogP contribution in [0.5, 0.6) is 0 Å². The molecule has 3 nitrogen and oxygen atoms in total. The van der Waals surface area contributed by atoms with Crippen molar-refractivity contribution in [3.63, 3.8) is 0 Å². The van der Waals surface area contributed by atoms with E-state index in [-0.39, 0.29) is 22.1 Å². The van der Waals surface area contributed by atoms with Crippen molar-refractivity contribution in [1.82, 2.24) is 0 Å². The number of rotatable bonds is 4. The molecule has 0 aromatic rings. The van der Waals surface area contributed by atoms with E-state index in [4.69, 9.17) is 4.89 Å². The number of Topliss-reactive ketones (excluding diaryl/α,β-unsaturated/α-hetero) is 2. The Morgan fingerprint density at radius 1 is 1.00 bits per heavy atom. The molecule has 0 spiro atoms. The van der Waals surface area contributed by atoms with Gasteiger partial charge < -0.3 is 4.89 Å². The Morgan fingerprint density at radius 2 is 1.21 bits per heavy atom. The van der Waals surface area contributed by atoms with Crippen molar-refractivity contribution < 1.29 is 14.5 Å². The van der Waals surface area contributed by atoms with Crippen LogP contribution in [0, 0.1) is 5.92 Å². The molecule has 14 heavy (non-hydrogen) atoms. The lowest BCUT2D eigenvalue weighted by Crippen LogP contribution is -2.30. The van der Waals surface area contributed by atoms with Gasteiger partial charge >= 0.3 is 0 Å². The first-order chi connectivity index (χ1) is 6.37. The second-order valence-corrected chi connectivity index (χ2v) is 4.43. The van der Waals surface area contributed by atoms with E-state index in [0.717, 1.165) is 0 Å². The van der Waals surface area contributed by atoms with Crippen molar-refractivity contribution in [2.75, 3.05) is 0 Å². The molecule has 0 aliphatic rings. The van der Waals surface area contributed by atoms with Crippen LogP contribution in [-0.2, 0) is 9.59 Å². The van der Waals surface area contributed by atoms with Crippen molar-refractivity contribution >= 4 is 46.3 Å². The third-order valence-corrected chi connectivity index (χ3v) is 2.19. The summed E-state index contributed by atoms with van der Waals surface area (Å²) < 4.78 is 0. The van der Waals surface area contributed by atoms with E-state index in [1.165, 1.54) is 9.47 Å². The molecule has 0 bridgehead atoms. The normalized spacial score (nSPS) is 15.9. The molecule has 0 rings (SSSR count). The highest BCUT2D eigenvalue weighted by Gasteiger charge is 2.25. The van der Waals surface area contributed by atoms with Crippen LogP contribution in [0.3, 0.4) is 0 Å². The standard InChI is InChI=1S/C8H14O2S2.H3OP/c1-4(7(9)5(2)11)8(10)6(3)12;1-2/h4-6,11-12H,1-3H3;1H,2H2. The summed E-state index contributed by atoms with van der Waals surface area (Å²) in [4.78, 5) is 29.4. The van der Waals surface area contributed by atoms with Crippen LogP contribution >= 0.6 is 34.7 Å². The van der Waals surface area contributed by atoms with Gasteiger partial charge in [-0.3, -0.25) is 9.59 Å². The zero-order valence-corrected chi connectivity index (χ0v) is 11.4. The minimum absolute atomic E-state index is 0.135. The lowest BCUT2D eigenvalue weighted by Gasteiger charge is -2.12. The first kappa shape index (κ1) is 16.8. The van der Waals surface area contributed by atoms with Crippen LogP contribution in [0.4, 0.5) is 0 Å². The molecule has 0 saturated carbocycles. The van der Waals surface area contributed by atoms with Crippen molar-refractivity contribution in [3.05, 3.63) is 0 Å². The molecule has 3 atom stereocenters. The number of carbonyl (C=O) groups excluding carboxylic acids is 2. The highest BCUT2D eigenvalue weighted by molar-refractivity contribution is 7.82.